The summed E-state index contributed by atoms with van der Waals surface area (Å²) in [4.78, 5) is 18.1. The number of nitrogens with zero attached hydrogens (tertiary/aromatic N) is 2. The van der Waals surface area contributed by atoms with Crippen LogP contribution in [0.2, 0.25) is 0 Å². The second-order valence-corrected chi connectivity index (χ2v) is 7.01. The van der Waals surface area contributed by atoms with Gasteiger partial charge in [0.05, 0.1) is 6.61 Å². The highest BCUT2D eigenvalue weighted by Gasteiger charge is 2.27. The zero-order chi connectivity index (χ0) is 19.3. The molecule has 1 N–H and O–H groups in total. The van der Waals surface area contributed by atoms with E-state index in [1.54, 1.807) is 7.05 Å². The molecular formula is C19H37N3O2S. The molecule has 0 spiro atoms. The van der Waals surface area contributed by atoms with Crippen molar-refractivity contribution in [2.45, 2.75) is 58.1 Å². The van der Waals surface area contributed by atoms with E-state index in [0.717, 1.165) is 30.7 Å². The SMILES string of the molecule is C=C(CC(C)(C=NC)OCCNC(=O)CCCS)C(CC)N(C)CC. The van der Waals surface area contributed by atoms with E-state index in [4.69, 9.17) is 4.74 Å². The van der Waals surface area contributed by atoms with E-state index in [9.17, 15) is 4.79 Å². The quantitative estimate of drug-likeness (QED) is 0.214. The maximum atomic E-state index is 11.6. The van der Waals surface area contributed by atoms with E-state index < -0.39 is 5.60 Å². The molecule has 2 atom stereocenters. The first-order valence-corrected chi connectivity index (χ1v) is 9.79. The van der Waals surface area contributed by atoms with Crippen LogP contribution in [-0.2, 0) is 9.53 Å². The fraction of sp³-hybridized carbons (Fsp3) is 0.789. The minimum Gasteiger partial charge on any atom is -0.367 e. The van der Waals surface area contributed by atoms with Crippen LogP contribution in [0.4, 0.5) is 0 Å². The van der Waals surface area contributed by atoms with Gasteiger partial charge in [-0.3, -0.25) is 14.7 Å². The van der Waals surface area contributed by atoms with Gasteiger partial charge in [0.25, 0.3) is 0 Å². The molecule has 0 aliphatic heterocycles. The molecule has 0 radical (unpaired) electrons. The lowest BCUT2D eigenvalue weighted by Crippen LogP contribution is -2.39. The molecule has 0 rings (SSSR count). The van der Waals surface area contributed by atoms with Crippen LogP contribution in [0.25, 0.3) is 0 Å². The Morgan fingerprint density at radius 3 is 2.68 bits per heavy atom. The number of likely N-dealkylation sites (N-methyl/N-ethyl adjacent to an activating group) is 1. The topological polar surface area (TPSA) is 53.9 Å². The summed E-state index contributed by atoms with van der Waals surface area (Å²) in [6.45, 7) is 12.6. The summed E-state index contributed by atoms with van der Waals surface area (Å²) in [6.07, 6.45) is 4.86. The summed E-state index contributed by atoms with van der Waals surface area (Å²) in [5, 5.41) is 2.87. The van der Waals surface area contributed by atoms with Gasteiger partial charge in [0, 0.05) is 38.7 Å². The summed E-state index contributed by atoms with van der Waals surface area (Å²) in [5.41, 5.74) is 0.635. The largest absolute Gasteiger partial charge is 0.367 e. The number of thiol groups is 1. The number of hydrogen-bond donors (Lipinski definition) is 2. The third-order valence-electron chi connectivity index (χ3n) is 4.29. The molecular weight excluding hydrogens is 334 g/mol. The number of rotatable bonds is 14. The van der Waals surface area contributed by atoms with Crippen molar-refractivity contribution in [3.63, 3.8) is 0 Å². The van der Waals surface area contributed by atoms with Crippen molar-refractivity contribution < 1.29 is 9.53 Å². The predicted octanol–water partition coefficient (Wildman–Crippen LogP) is 2.97. The molecule has 0 heterocycles. The average Bonchev–Trinajstić information content (AvgIpc) is 2.57. The van der Waals surface area contributed by atoms with Crippen LogP contribution in [0.3, 0.4) is 0 Å². The van der Waals surface area contributed by atoms with Gasteiger partial charge in [0.1, 0.15) is 5.60 Å². The molecule has 5 nitrogen and oxygen atoms in total. The van der Waals surface area contributed by atoms with Gasteiger partial charge in [-0.05, 0) is 39.1 Å². The van der Waals surface area contributed by atoms with E-state index in [-0.39, 0.29) is 5.91 Å². The molecule has 0 aromatic heterocycles. The molecule has 0 aliphatic rings. The van der Waals surface area contributed by atoms with E-state index in [2.05, 4.69) is 55.3 Å². The van der Waals surface area contributed by atoms with E-state index in [1.807, 2.05) is 13.1 Å². The van der Waals surface area contributed by atoms with E-state index in [0.29, 0.717) is 32.0 Å². The average molecular weight is 372 g/mol. The summed E-state index contributed by atoms with van der Waals surface area (Å²) in [7, 11) is 3.87. The van der Waals surface area contributed by atoms with Crippen molar-refractivity contribution in [3.05, 3.63) is 12.2 Å². The van der Waals surface area contributed by atoms with Crippen molar-refractivity contribution in [3.8, 4) is 0 Å². The van der Waals surface area contributed by atoms with Crippen LogP contribution in [0.15, 0.2) is 17.1 Å². The minimum absolute atomic E-state index is 0.0449. The number of hydrogen-bond acceptors (Lipinski definition) is 5. The number of amides is 1. The second-order valence-electron chi connectivity index (χ2n) is 6.56. The fourth-order valence-corrected chi connectivity index (χ4v) is 3.07. The van der Waals surface area contributed by atoms with E-state index in [1.165, 1.54) is 0 Å². The molecule has 0 saturated heterocycles. The third kappa shape index (κ3) is 10.0. The van der Waals surface area contributed by atoms with Crippen LogP contribution < -0.4 is 5.32 Å². The molecule has 0 aromatic rings. The first-order valence-electron chi connectivity index (χ1n) is 9.16. The molecule has 1 amide bonds. The van der Waals surface area contributed by atoms with Gasteiger partial charge in [-0.15, -0.1) is 0 Å². The zero-order valence-corrected chi connectivity index (χ0v) is 17.6. The van der Waals surface area contributed by atoms with Crippen LogP contribution >= 0.6 is 12.6 Å². The summed E-state index contributed by atoms with van der Waals surface area (Å²) in [5.74, 6) is 0.769. The number of aliphatic imine (C=N–C) groups is 1. The zero-order valence-electron chi connectivity index (χ0n) is 16.7. The number of carbonyl (C=O) groups excluding carboxylic acids is 1. The van der Waals surface area contributed by atoms with Gasteiger partial charge in [0.2, 0.25) is 5.91 Å². The standard InChI is InChI=1S/C19H37N3O2S/c1-7-17(22(6)8-2)16(3)14-19(4,15-20-5)24-12-11-21-18(23)10-9-13-25/h15,17,25H,3,7-14H2,1-2,4-6H3,(H,21,23). The highest BCUT2D eigenvalue weighted by Crippen LogP contribution is 2.24. The second kappa shape index (κ2) is 13.4. The molecule has 0 saturated carbocycles. The van der Waals surface area contributed by atoms with Crippen LogP contribution in [0, 0.1) is 0 Å². The Hall–Kier alpha value is -0.850. The number of carbonyl (C=O) groups is 1. The minimum atomic E-state index is -0.510. The lowest BCUT2D eigenvalue weighted by molar-refractivity contribution is -0.121. The Morgan fingerprint density at radius 2 is 2.16 bits per heavy atom. The Kier molecular flexibility index (Phi) is 12.9. The van der Waals surface area contributed by atoms with Gasteiger partial charge >= 0.3 is 0 Å². The lowest BCUT2D eigenvalue weighted by Gasteiger charge is -2.33. The van der Waals surface area contributed by atoms with Gasteiger partial charge in [0.15, 0.2) is 0 Å². The predicted molar refractivity (Wildman–Crippen MR) is 111 cm³/mol. The Balaban J connectivity index is 4.58. The van der Waals surface area contributed by atoms with Crippen molar-refractivity contribution >= 4 is 24.8 Å². The van der Waals surface area contributed by atoms with Crippen LogP contribution in [0.5, 0.6) is 0 Å². The molecule has 146 valence electrons. The number of ether oxygens (including phenoxy) is 1. The summed E-state index contributed by atoms with van der Waals surface area (Å²) in [6, 6.07) is 0.333. The van der Waals surface area contributed by atoms with Gasteiger partial charge < -0.3 is 10.1 Å². The molecule has 2 unspecified atom stereocenters. The molecule has 25 heavy (non-hydrogen) atoms. The van der Waals surface area contributed by atoms with Crippen LogP contribution in [0.1, 0.15) is 46.5 Å². The molecule has 0 fully saturated rings. The number of nitrogens with one attached hydrogen (secondary N) is 1. The maximum absolute atomic E-state index is 11.6. The summed E-state index contributed by atoms with van der Waals surface area (Å²) >= 11 is 4.11. The molecule has 0 aliphatic carbocycles. The Morgan fingerprint density at radius 1 is 1.48 bits per heavy atom. The van der Waals surface area contributed by atoms with Gasteiger partial charge in [-0.2, -0.15) is 12.6 Å². The van der Waals surface area contributed by atoms with Gasteiger partial charge in [-0.1, -0.05) is 26.0 Å². The smallest absolute Gasteiger partial charge is 0.220 e. The van der Waals surface area contributed by atoms with Gasteiger partial charge in [-0.25, -0.2) is 0 Å². The Bertz CT molecular complexity index is 429. The van der Waals surface area contributed by atoms with Crippen molar-refractivity contribution in [2.75, 3.05) is 39.5 Å². The maximum Gasteiger partial charge on any atom is 0.220 e. The molecule has 6 heteroatoms. The van der Waals surface area contributed by atoms with Crippen LogP contribution in [-0.4, -0.2) is 68.2 Å². The van der Waals surface area contributed by atoms with Crippen molar-refractivity contribution in [1.29, 1.82) is 0 Å². The fourth-order valence-electron chi connectivity index (χ4n) is 2.91. The first kappa shape index (κ1) is 24.1. The summed E-state index contributed by atoms with van der Waals surface area (Å²) < 4.78 is 6.05. The highest BCUT2D eigenvalue weighted by molar-refractivity contribution is 7.80. The Labute approximate surface area is 159 Å². The van der Waals surface area contributed by atoms with E-state index >= 15 is 0 Å². The molecule has 0 bridgehead atoms. The van der Waals surface area contributed by atoms with Crippen molar-refractivity contribution in [1.82, 2.24) is 10.2 Å². The third-order valence-corrected chi connectivity index (χ3v) is 4.60. The first-order chi connectivity index (χ1) is 11.8. The molecule has 0 aromatic carbocycles. The van der Waals surface area contributed by atoms with Crippen molar-refractivity contribution in [2.24, 2.45) is 4.99 Å². The highest BCUT2D eigenvalue weighted by atomic mass is 32.1. The lowest BCUT2D eigenvalue weighted by atomic mass is 9.92. The normalized spacial score (nSPS) is 15.3. The monoisotopic (exact) mass is 371 g/mol.